The third kappa shape index (κ3) is 3.27. The van der Waals surface area contributed by atoms with Gasteiger partial charge in [-0.25, -0.2) is 9.59 Å². The Bertz CT molecular complexity index is 791. The number of aromatic nitrogens is 1. The van der Waals surface area contributed by atoms with Crippen molar-refractivity contribution in [3.63, 3.8) is 0 Å². The fourth-order valence-corrected chi connectivity index (χ4v) is 2.88. The van der Waals surface area contributed by atoms with Crippen LogP contribution >= 0.6 is 0 Å². The molecule has 0 unspecified atom stereocenters. The monoisotopic (exact) mass is 366 g/mol. The van der Waals surface area contributed by atoms with Gasteiger partial charge in [0.2, 0.25) is 18.0 Å². The molecule has 11 nitrogen and oxygen atoms in total. The average Bonchev–Trinajstić information content (AvgIpc) is 3.13. The molecule has 0 aromatic carbocycles. The SMILES string of the molecule is COC(=O)[C@@H]1CCCN1C(=O)OCOc1c2n(ccc1=O)NCNC2=O. The van der Waals surface area contributed by atoms with E-state index in [0.29, 0.717) is 19.4 Å². The summed E-state index contributed by atoms with van der Waals surface area (Å²) < 4.78 is 16.2. The number of carbonyl (C=O) groups excluding carboxylic acids is 3. The molecule has 3 heterocycles. The van der Waals surface area contributed by atoms with Gasteiger partial charge >= 0.3 is 12.1 Å². The van der Waals surface area contributed by atoms with E-state index in [1.165, 1.54) is 28.9 Å². The minimum absolute atomic E-state index is 0.0200. The van der Waals surface area contributed by atoms with Crippen molar-refractivity contribution in [2.75, 3.05) is 32.5 Å². The second-order valence-corrected chi connectivity index (χ2v) is 5.62. The number of rotatable bonds is 4. The molecule has 1 saturated heterocycles. The van der Waals surface area contributed by atoms with E-state index in [2.05, 4.69) is 15.5 Å². The number of hydrogen-bond donors (Lipinski definition) is 2. The van der Waals surface area contributed by atoms with E-state index in [0.717, 1.165) is 0 Å². The van der Waals surface area contributed by atoms with E-state index in [9.17, 15) is 19.2 Å². The third-order valence-corrected chi connectivity index (χ3v) is 4.11. The molecule has 1 aromatic rings. The second kappa shape index (κ2) is 7.33. The number of amides is 2. The van der Waals surface area contributed by atoms with E-state index >= 15 is 0 Å². The lowest BCUT2D eigenvalue weighted by Crippen LogP contribution is -2.43. The maximum absolute atomic E-state index is 12.1. The van der Waals surface area contributed by atoms with Crippen molar-refractivity contribution in [3.05, 3.63) is 28.2 Å². The predicted molar refractivity (Wildman–Crippen MR) is 86.1 cm³/mol. The van der Waals surface area contributed by atoms with Gasteiger partial charge in [0.05, 0.1) is 7.11 Å². The number of fused-ring (bicyclic) bond motifs is 1. The number of methoxy groups -OCH3 is 1. The van der Waals surface area contributed by atoms with Gasteiger partial charge in [-0.2, -0.15) is 0 Å². The van der Waals surface area contributed by atoms with Crippen LogP contribution in [0.1, 0.15) is 23.3 Å². The summed E-state index contributed by atoms with van der Waals surface area (Å²) >= 11 is 0. The molecule has 3 rings (SSSR count). The summed E-state index contributed by atoms with van der Waals surface area (Å²) in [5.41, 5.74) is 2.28. The fraction of sp³-hybridized carbons (Fsp3) is 0.467. The minimum Gasteiger partial charge on any atom is -0.467 e. The van der Waals surface area contributed by atoms with Crippen LogP contribution in [0.2, 0.25) is 0 Å². The third-order valence-electron chi connectivity index (χ3n) is 4.11. The Balaban J connectivity index is 1.65. The molecule has 1 atom stereocenters. The molecule has 2 aliphatic rings. The summed E-state index contributed by atoms with van der Waals surface area (Å²) in [7, 11) is 1.25. The number of carbonyl (C=O) groups is 3. The lowest BCUT2D eigenvalue weighted by atomic mass is 10.2. The smallest absolute Gasteiger partial charge is 0.413 e. The number of ether oxygens (including phenoxy) is 3. The van der Waals surface area contributed by atoms with Crippen molar-refractivity contribution in [1.82, 2.24) is 14.9 Å². The first-order valence-corrected chi connectivity index (χ1v) is 7.94. The van der Waals surface area contributed by atoms with Crippen LogP contribution in [0.5, 0.6) is 5.75 Å². The minimum atomic E-state index is -0.759. The highest BCUT2D eigenvalue weighted by atomic mass is 16.7. The van der Waals surface area contributed by atoms with Crippen molar-refractivity contribution in [2.24, 2.45) is 0 Å². The van der Waals surface area contributed by atoms with Crippen LogP contribution in [0.25, 0.3) is 0 Å². The van der Waals surface area contributed by atoms with E-state index < -0.39 is 36.2 Å². The standard InChI is InChI=1S/C15H18N4O7/c1-24-14(22)9-3-2-5-18(9)15(23)26-8-25-12-10(20)4-6-19-11(12)13(21)16-7-17-19/h4,6,9,17H,2-3,5,7-8H2,1H3,(H,16,21)/t9-/m0/s1. The Hall–Kier alpha value is -3.24. The van der Waals surface area contributed by atoms with Gasteiger partial charge in [0.25, 0.3) is 5.91 Å². The topological polar surface area (TPSA) is 128 Å². The van der Waals surface area contributed by atoms with Crippen molar-refractivity contribution in [3.8, 4) is 5.75 Å². The van der Waals surface area contributed by atoms with E-state index in [-0.39, 0.29) is 18.1 Å². The largest absolute Gasteiger partial charge is 0.467 e. The van der Waals surface area contributed by atoms with Crippen LogP contribution in [-0.4, -0.2) is 60.7 Å². The van der Waals surface area contributed by atoms with Gasteiger partial charge in [0.15, 0.2) is 5.69 Å². The Morgan fingerprint density at radius 1 is 1.35 bits per heavy atom. The van der Waals surface area contributed by atoms with Crippen LogP contribution in [0.4, 0.5) is 4.79 Å². The first kappa shape index (κ1) is 17.6. The number of esters is 1. The van der Waals surface area contributed by atoms with Crippen LogP contribution < -0.4 is 20.9 Å². The molecule has 2 aliphatic heterocycles. The number of nitrogens with one attached hydrogen (secondary N) is 2. The molecule has 0 bridgehead atoms. The fourth-order valence-electron chi connectivity index (χ4n) is 2.88. The summed E-state index contributed by atoms with van der Waals surface area (Å²) in [5.74, 6) is -1.25. The molecule has 0 saturated carbocycles. The molecule has 1 aromatic heterocycles. The first-order valence-electron chi connectivity index (χ1n) is 7.94. The lowest BCUT2D eigenvalue weighted by molar-refractivity contribution is -0.145. The molecule has 26 heavy (non-hydrogen) atoms. The van der Waals surface area contributed by atoms with Gasteiger partial charge in [0.1, 0.15) is 12.7 Å². The van der Waals surface area contributed by atoms with Gasteiger partial charge < -0.3 is 25.0 Å². The number of likely N-dealkylation sites (tertiary alicyclic amines) is 1. The molecule has 11 heteroatoms. The Morgan fingerprint density at radius 3 is 2.92 bits per heavy atom. The molecule has 0 spiro atoms. The molecule has 0 radical (unpaired) electrons. The lowest BCUT2D eigenvalue weighted by Gasteiger charge is -2.24. The van der Waals surface area contributed by atoms with Crippen molar-refractivity contribution in [2.45, 2.75) is 18.9 Å². The van der Waals surface area contributed by atoms with Gasteiger partial charge in [-0.05, 0) is 12.8 Å². The zero-order valence-corrected chi connectivity index (χ0v) is 14.0. The number of hydrogen-bond acceptors (Lipinski definition) is 8. The molecule has 140 valence electrons. The average molecular weight is 366 g/mol. The summed E-state index contributed by atoms with van der Waals surface area (Å²) in [4.78, 5) is 49.0. The van der Waals surface area contributed by atoms with Gasteiger partial charge in [0, 0.05) is 18.8 Å². The highest BCUT2D eigenvalue weighted by Crippen LogP contribution is 2.20. The number of nitrogens with zero attached hydrogens (tertiary/aromatic N) is 2. The maximum atomic E-state index is 12.1. The zero-order chi connectivity index (χ0) is 18.7. The van der Waals surface area contributed by atoms with Crippen LogP contribution in [-0.2, 0) is 14.3 Å². The summed E-state index contributed by atoms with van der Waals surface area (Å²) in [6, 6.07) is 0.526. The molecular weight excluding hydrogens is 348 g/mol. The van der Waals surface area contributed by atoms with Gasteiger partial charge in [-0.3, -0.25) is 19.2 Å². The zero-order valence-electron chi connectivity index (χ0n) is 14.0. The summed E-state index contributed by atoms with van der Waals surface area (Å²) in [6.07, 6.45) is 1.78. The second-order valence-electron chi connectivity index (χ2n) is 5.62. The van der Waals surface area contributed by atoms with E-state index in [1.807, 2.05) is 0 Å². The summed E-state index contributed by atoms with van der Waals surface area (Å²) in [6.45, 7) is -0.0237. The molecule has 2 amide bonds. The van der Waals surface area contributed by atoms with Gasteiger partial charge in [-0.15, -0.1) is 0 Å². The quantitative estimate of drug-likeness (QED) is 0.524. The van der Waals surface area contributed by atoms with E-state index in [4.69, 9.17) is 9.47 Å². The van der Waals surface area contributed by atoms with Crippen molar-refractivity contribution < 1.29 is 28.6 Å². The normalized spacial score (nSPS) is 18.4. The highest BCUT2D eigenvalue weighted by molar-refractivity contribution is 5.96. The van der Waals surface area contributed by atoms with E-state index in [1.54, 1.807) is 0 Å². The Labute approximate surface area is 147 Å². The predicted octanol–water partition coefficient (Wildman–Crippen LogP) is -0.797. The van der Waals surface area contributed by atoms with Gasteiger partial charge in [-0.1, -0.05) is 0 Å². The van der Waals surface area contributed by atoms with Crippen LogP contribution in [0.3, 0.4) is 0 Å². The molecule has 1 fully saturated rings. The molecular formula is C15H18N4O7. The summed E-state index contributed by atoms with van der Waals surface area (Å²) in [5, 5.41) is 2.52. The van der Waals surface area contributed by atoms with Crippen molar-refractivity contribution in [1.29, 1.82) is 0 Å². The maximum Gasteiger partial charge on any atom is 0.413 e. The molecule has 2 N–H and O–H groups in total. The Morgan fingerprint density at radius 2 is 2.15 bits per heavy atom. The number of pyridine rings is 1. The Kier molecular flexibility index (Phi) is 4.96. The first-order chi connectivity index (χ1) is 12.5. The van der Waals surface area contributed by atoms with Crippen LogP contribution in [0, 0.1) is 0 Å². The van der Waals surface area contributed by atoms with Crippen LogP contribution in [0.15, 0.2) is 17.1 Å². The van der Waals surface area contributed by atoms with Crippen molar-refractivity contribution >= 4 is 18.0 Å². The molecule has 0 aliphatic carbocycles. The highest BCUT2D eigenvalue weighted by Gasteiger charge is 2.36.